The minimum atomic E-state index is -0.331. The Morgan fingerprint density at radius 3 is 2.32 bits per heavy atom. The Morgan fingerprint density at radius 2 is 1.58 bits per heavy atom. The summed E-state index contributed by atoms with van der Waals surface area (Å²) in [5.74, 6) is -0.331. The minimum absolute atomic E-state index is 0. The topological polar surface area (TPSA) is 46.0 Å². The molecule has 5 rings (SSSR count). The van der Waals surface area contributed by atoms with E-state index in [2.05, 4.69) is 64.3 Å². The first-order valence-corrected chi connectivity index (χ1v) is 9.90. The van der Waals surface area contributed by atoms with Crippen molar-refractivity contribution in [2.24, 2.45) is 0 Å². The number of esters is 1. The average molecular weight is 473 g/mol. The van der Waals surface area contributed by atoms with E-state index in [0.717, 1.165) is 28.8 Å². The van der Waals surface area contributed by atoms with Gasteiger partial charge in [-0.1, -0.05) is 48.5 Å². The molecule has 0 aliphatic rings. The highest BCUT2D eigenvalue weighted by molar-refractivity contribution is 6.10. The van der Waals surface area contributed by atoms with Gasteiger partial charge in [0.05, 0.1) is 12.7 Å². The van der Waals surface area contributed by atoms with Crippen molar-refractivity contribution in [3.8, 4) is 11.3 Å². The van der Waals surface area contributed by atoms with Gasteiger partial charge in [0.25, 0.3) is 0 Å². The summed E-state index contributed by atoms with van der Waals surface area (Å²) in [6.07, 6.45) is 2.14. The Morgan fingerprint density at radius 1 is 0.871 bits per heavy atom. The highest BCUT2D eigenvalue weighted by Crippen LogP contribution is 2.31. The fourth-order valence-corrected chi connectivity index (χ4v) is 4.01. The van der Waals surface area contributed by atoms with Crippen molar-refractivity contribution in [1.29, 1.82) is 0 Å². The molecule has 3 aromatic carbocycles. The van der Waals surface area contributed by atoms with Gasteiger partial charge >= 0.3 is 5.97 Å². The van der Waals surface area contributed by atoms with E-state index in [0.29, 0.717) is 5.56 Å². The van der Waals surface area contributed by atoms with Crippen LogP contribution in [0.15, 0.2) is 91.1 Å². The van der Waals surface area contributed by atoms with Crippen LogP contribution in [-0.2, 0) is 11.3 Å². The average Bonchev–Trinajstić information content (AvgIpc) is 3.18. The summed E-state index contributed by atoms with van der Waals surface area (Å²) in [6, 6.07) is 28.5. The molecular formula is C26H21BrN2O2. The summed E-state index contributed by atoms with van der Waals surface area (Å²) < 4.78 is 7.09. The molecule has 0 fully saturated rings. The van der Waals surface area contributed by atoms with Gasteiger partial charge in [-0.25, -0.2) is 4.79 Å². The number of halogens is 1. The minimum Gasteiger partial charge on any atom is -1.00 e. The van der Waals surface area contributed by atoms with E-state index >= 15 is 0 Å². The van der Waals surface area contributed by atoms with Crippen LogP contribution in [0.1, 0.15) is 15.9 Å². The van der Waals surface area contributed by atoms with E-state index in [4.69, 9.17) is 4.74 Å². The molecular weight excluding hydrogens is 452 g/mol. The summed E-state index contributed by atoms with van der Waals surface area (Å²) in [6.45, 7) is 0.750. The molecule has 0 spiro atoms. The SMILES string of the molecule is COC(=O)c1ccc(-c2c3[nH]c4ccccc4c3cc[n+]2Cc2ccccc2)cc1.[Br-]. The zero-order valence-corrected chi connectivity index (χ0v) is 18.6. The van der Waals surface area contributed by atoms with E-state index in [1.165, 1.54) is 23.4 Å². The molecule has 1 N–H and O–H groups in total. The number of aromatic nitrogens is 2. The third-order valence-corrected chi connectivity index (χ3v) is 5.47. The number of nitrogens with one attached hydrogen (secondary N) is 1. The summed E-state index contributed by atoms with van der Waals surface area (Å²) in [4.78, 5) is 15.5. The molecule has 0 atom stereocenters. The van der Waals surface area contributed by atoms with Crippen molar-refractivity contribution in [2.45, 2.75) is 6.54 Å². The maximum atomic E-state index is 11.9. The molecule has 0 saturated carbocycles. The number of para-hydroxylation sites is 1. The molecule has 0 radical (unpaired) electrons. The van der Waals surface area contributed by atoms with Crippen LogP contribution < -0.4 is 21.5 Å². The third-order valence-electron chi connectivity index (χ3n) is 5.47. The Balaban J connectivity index is 0.00000231. The van der Waals surface area contributed by atoms with Gasteiger partial charge in [0.15, 0.2) is 12.7 Å². The van der Waals surface area contributed by atoms with Crippen molar-refractivity contribution in [1.82, 2.24) is 4.98 Å². The van der Waals surface area contributed by atoms with Gasteiger partial charge in [-0.15, -0.1) is 0 Å². The molecule has 0 aliphatic carbocycles. The molecule has 2 heterocycles. The van der Waals surface area contributed by atoms with Crippen LogP contribution in [0.4, 0.5) is 0 Å². The fourth-order valence-electron chi connectivity index (χ4n) is 4.01. The highest BCUT2D eigenvalue weighted by Gasteiger charge is 2.21. The Labute approximate surface area is 190 Å². The Kier molecular flexibility index (Phi) is 5.87. The second-order valence-corrected chi connectivity index (χ2v) is 7.31. The predicted octanol–water partition coefficient (Wildman–Crippen LogP) is 2.11. The summed E-state index contributed by atoms with van der Waals surface area (Å²) >= 11 is 0. The number of hydrogen-bond donors (Lipinski definition) is 1. The third kappa shape index (κ3) is 3.84. The van der Waals surface area contributed by atoms with Crippen molar-refractivity contribution in [3.05, 3.63) is 102 Å². The molecule has 154 valence electrons. The van der Waals surface area contributed by atoms with E-state index in [9.17, 15) is 4.79 Å². The summed E-state index contributed by atoms with van der Waals surface area (Å²) in [5, 5.41) is 2.38. The summed E-state index contributed by atoms with van der Waals surface area (Å²) in [7, 11) is 1.40. The van der Waals surface area contributed by atoms with Crippen LogP contribution >= 0.6 is 0 Å². The van der Waals surface area contributed by atoms with E-state index < -0.39 is 0 Å². The quantitative estimate of drug-likeness (QED) is 0.321. The van der Waals surface area contributed by atoms with Crippen molar-refractivity contribution >= 4 is 27.8 Å². The van der Waals surface area contributed by atoms with Crippen molar-refractivity contribution in [2.75, 3.05) is 7.11 Å². The van der Waals surface area contributed by atoms with Gasteiger partial charge in [0.1, 0.15) is 5.52 Å². The van der Waals surface area contributed by atoms with E-state index in [1.807, 2.05) is 36.4 Å². The predicted molar refractivity (Wildman–Crippen MR) is 118 cm³/mol. The first-order chi connectivity index (χ1) is 14.7. The molecule has 2 aromatic heterocycles. The number of nitrogens with zero attached hydrogens (tertiary/aromatic N) is 1. The number of H-pyrrole nitrogens is 1. The van der Waals surface area contributed by atoms with E-state index in [-0.39, 0.29) is 23.0 Å². The zero-order valence-electron chi connectivity index (χ0n) is 17.0. The molecule has 0 aliphatic heterocycles. The molecule has 0 saturated heterocycles. The molecule has 0 amide bonds. The maximum Gasteiger partial charge on any atom is 0.337 e. The van der Waals surface area contributed by atoms with Gasteiger partial charge in [0, 0.05) is 33.5 Å². The van der Waals surface area contributed by atoms with Gasteiger partial charge < -0.3 is 26.7 Å². The fraction of sp³-hybridized carbons (Fsp3) is 0.0769. The lowest BCUT2D eigenvalue weighted by molar-refractivity contribution is -0.676. The standard InChI is InChI=1S/C26H20N2O2.BrH/c1-30-26(29)20-13-11-19(12-14-20)25-24-22(21-9-5-6-10-23(21)27-24)15-16-28(25)17-18-7-3-2-4-8-18;/h2-16H,17H2,1H3;1H. The van der Waals surface area contributed by atoms with Crippen molar-refractivity contribution < 1.29 is 31.1 Å². The number of fused-ring (bicyclic) bond motifs is 3. The van der Waals surface area contributed by atoms with Gasteiger partial charge in [0.2, 0.25) is 5.69 Å². The second kappa shape index (κ2) is 8.74. The maximum absolute atomic E-state index is 11.9. The highest BCUT2D eigenvalue weighted by atomic mass is 79.9. The second-order valence-electron chi connectivity index (χ2n) is 7.31. The molecule has 0 unspecified atom stereocenters. The Hall–Kier alpha value is -3.44. The molecule has 31 heavy (non-hydrogen) atoms. The molecule has 0 bridgehead atoms. The molecule has 5 heteroatoms. The van der Waals surface area contributed by atoms with Crippen LogP contribution in [0.3, 0.4) is 0 Å². The van der Waals surface area contributed by atoms with Crippen molar-refractivity contribution in [3.63, 3.8) is 0 Å². The van der Waals surface area contributed by atoms with Crippen LogP contribution in [0, 0.1) is 0 Å². The molecule has 5 aromatic rings. The smallest absolute Gasteiger partial charge is 0.337 e. The number of carbonyl (C=O) groups excluding carboxylic acids is 1. The van der Waals surface area contributed by atoms with Crippen LogP contribution in [0.2, 0.25) is 0 Å². The van der Waals surface area contributed by atoms with Gasteiger partial charge in [-0.2, -0.15) is 4.57 Å². The van der Waals surface area contributed by atoms with Crippen LogP contribution in [0.25, 0.3) is 33.1 Å². The number of rotatable bonds is 4. The van der Waals surface area contributed by atoms with Gasteiger partial charge in [-0.05, 0) is 30.3 Å². The van der Waals surface area contributed by atoms with Crippen LogP contribution in [0.5, 0.6) is 0 Å². The Bertz CT molecular complexity index is 1360. The zero-order chi connectivity index (χ0) is 20.5. The normalized spacial score (nSPS) is 10.7. The molecule has 4 nitrogen and oxygen atoms in total. The van der Waals surface area contributed by atoms with E-state index in [1.54, 1.807) is 0 Å². The number of hydrogen-bond acceptors (Lipinski definition) is 2. The number of ether oxygens (including phenoxy) is 1. The number of benzene rings is 3. The first-order valence-electron chi connectivity index (χ1n) is 9.90. The number of carbonyl (C=O) groups is 1. The lowest BCUT2D eigenvalue weighted by atomic mass is 10.0. The van der Waals surface area contributed by atoms with Gasteiger partial charge in [-0.3, -0.25) is 0 Å². The lowest BCUT2D eigenvalue weighted by Crippen LogP contribution is -3.00. The summed E-state index contributed by atoms with van der Waals surface area (Å²) in [5.41, 5.74) is 6.09. The first kappa shape index (κ1) is 20.8. The number of aromatic amines is 1. The lowest BCUT2D eigenvalue weighted by Gasteiger charge is -2.07. The number of pyridine rings is 1. The van der Waals surface area contributed by atoms with Crippen LogP contribution in [-0.4, -0.2) is 18.1 Å². The largest absolute Gasteiger partial charge is 1.00 e. The monoisotopic (exact) mass is 472 g/mol. The number of methoxy groups -OCH3 is 1.